The van der Waals surface area contributed by atoms with Gasteiger partial charge in [-0.3, -0.25) is 4.79 Å². The largest absolute Gasteiger partial charge is 0.353 e. The van der Waals surface area contributed by atoms with E-state index in [-0.39, 0.29) is 11.8 Å². The molecule has 0 aromatic carbocycles. The maximum atomic E-state index is 10.8. The van der Waals surface area contributed by atoms with Gasteiger partial charge in [0, 0.05) is 18.3 Å². The Bertz CT molecular complexity index is 159. The van der Waals surface area contributed by atoms with Crippen molar-refractivity contribution in [3.05, 3.63) is 0 Å². The minimum Gasteiger partial charge on any atom is -0.353 e. The first-order valence-electron chi connectivity index (χ1n) is 2.81. The van der Waals surface area contributed by atoms with Crippen LogP contribution in [0.5, 0.6) is 0 Å². The van der Waals surface area contributed by atoms with Crippen LogP contribution in [0.4, 0.5) is 0 Å². The summed E-state index contributed by atoms with van der Waals surface area (Å²) >= 11 is 16.8. The highest BCUT2D eigenvalue weighted by Crippen LogP contribution is 2.35. The Morgan fingerprint density at radius 3 is 2.50 bits per heavy atom. The number of amides is 1. The summed E-state index contributed by atoms with van der Waals surface area (Å²) < 4.78 is -1.32. The number of halogens is 3. The van der Waals surface area contributed by atoms with Crippen LogP contribution in [-0.4, -0.2) is 22.7 Å². The lowest BCUT2D eigenvalue weighted by Crippen LogP contribution is -2.30. The molecule has 1 amide bonds. The van der Waals surface area contributed by atoms with Crippen molar-refractivity contribution in [3.8, 4) is 0 Å². The van der Waals surface area contributed by atoms with Crippen LogP contribution in [0.1, 0.15) is 0 Å². The molecule has 5 heteroatoms. The fourth-order valence-corrected chi connectivity index (χ4v) is 1.74. The highest BCUT2D eigenvalue weighted by molar-refractivity contribution is 6.59. The molecule has 0 aliphatic carbocycles. The summed E-state index contributed by atoms with van der Waals surface area (Å²) in [5, 5.41) is 2.52. The molecule has 1 unspecified atom stereocenters. The minimum atomic E-state index is -1.32. The molecule has 1 aliphatic rings. The van der Waals surface area contributed by atoms with E-state index in [1.807, 2.05) is 0 Å². The van der Waals surface area contributed by atoms with Crippen molar-refractivity contribution in [2.24, 2.45) is 5.92 Å². The maximum Gasteiger partial charge on any atom is 0.256 e. The van der Waals surface area contributed by atoms with E-state index in [4.69, 9.17) is 34.8 Å². The van der Waals surface area contributed by atoms with E-state index in [0.717, 1.165) is 0 Å². The Balaban J connectivity index is 2.73. The molecule has 1 aliphatic heterocycles. The first-order chi connectivity index (χ1) is 4.59. The summed E-state index contributed by atoms with van der Waals surface area (Å²) in [4.78, 5) is 10.8. The van der Waals surface area contributed by atoms with Crippen molar-refractivity contribution >= 4 is 40.7 Å². The van der Waals surface area contributed by atoms with Gasteiger partial charge in [-0.05, 0) is 0 Å². The van der Waals surface area contributed by atoms with Crippen LogP contribution in [0.25, 0.3) is 0 Å². The summed E-state index contributed by atoms with van der Waals surface area (Å²) in [6, 6.07) is 0. The fourth-order valence-electron chi connectivity index (χ4n) is 0.799. The van der Waals surface area contributed by atoms with E-state index in [0.29, 0.717) is 12.4 Å². The third-order valence-electron chi connectivity index (χ3n) is 1.51. The van der Waals surface area contributed by atoms with Gasteiger partial charge in [-0.1, -0.05) is 23.2 Å². The molecule has 10 heavy (non-hydrogen) atoms. The second-order valence-corrected chi connectivity index (χ2v) is 3.88. The molecule has 0 bridgehead atoms. The van der Waals surface area contributed by atoms with E-state index in [1.165, 1.54) is 0 Å². The number of nitrogens with one attached hydrogen (secondary N) is 1. The molecule has 1 fully saturated rings. The molecule has 0 saturated carbocycles. The number of carbonyl (C=O) groups excluding carboxylic acids is 1. The number of carbonyl (C=O) groups is 1. The van der Waals surface area contributed by atoms with Gasteiger partial charge in [0.05, 0.1) is 0 Å². The Labute approximate surface area is 73.8 Å². The first-order valence-corrected chi connectivity index (χ1v) is 4.10. The first kappa shape index (κ1) is 8.44. The molecule has 0 spiro atoms. The summed E-state index contributed by atoms with van der Waals surface area (Å²) in [5.74, 6) is -0.224. The van der Waals surface area contributed by atoms with Crippen LogP contribution in [0.2, 0.25) is 0 Å². The van der Waals surface area contributed by atoms with Crippen LogP contribution >= 0.6 is 34.8 Å². The molecular formula is C5H6Cl3NO. The van der Waals surface area contributed by atoms with E-state index >= 15 is 0 Å². The van der Waals surface area contributed by atoms with Crippen molar-refractivity contribution in [1.29, 1.82) is 0 Å². The Morgan fingerprint density at radius 1 is 1.70 bits per heavy atom. The molecule has 0 aromatic heterocycles. The normalized spacial score (nSPS) is 30.3. The second-order valence-electron chi connectivity index (χ2n) is 2.18. The van der Waals surface area contributed by atoms with E-state index in [9.17, 15) is 4.79 Å². The van der Waals surface area contributed by atoms with Gasteiger partial charge in [0.2, 0.25) is 4.33 Å². The average Bonchev–Trinajstić information content (AvgIpc) is 2.10. The van der Waals surface area contributed by atoms with Gasteiger partial charge < -0.3 is 5.32 Å². The number of hydrogen-bond acceptors (Lipinski definition) is 1. The lowest BCUT2D eigenvalue weighted by Gasteiger charge is -2.14. The smallest absolute Gasteiger partial charge is 0.256 e. The molecule has 0 aromatic rings. The maximum absolute atomic E-state index is 10.8. The van der Waals surface area contributed by atoms with E-state index < -0.39 is 4.33 Å². The summed E-state index contributed by atoms with van der Waals surface area (Å²) in [7, 11) is 0. The van der Waals surface area contributed by atoms with Gasteiger partial charge in [0.15, 0.2) is 0 Å². The topological polar surface area (TPSA) is 29.1 Å². The van der Waals surface area contributed by atoms with Crippen molar-refractivity contribution in [3.63, 3.8) is 0 Å². The zero-order valence-corrected chi connectivity index (χ0v) is 7.30. The monoisotopic (exact) mass is 201 g/mol. The standard InChI is InChI=1S/C5H6Cl3NO/c6-1-3-2-9-4(10)5(3,7)8/h3H,1-2H2,(H,9,10). The lowest BCUT2D eigenvalue weighted by molar-refractivity contribution is -0.119. The molecule has 1 N–H and O–H groups in total. The molecule has 58 valence electrons. The molecule has 0 radical (unpaired) electrons. The molecule has 1 atom stereocenters. The number of rotatable bonds is 1. The van der Waals surface area contributed by atoms with Gasteiger partial charge in [-0.15, -0.1) is 11.6 Å². The van der Waals surface area contributed by atoms with Crippen LogP contribution in [0.15, 0.2) is 0 Å². The predicted octanol–water partition coefficient (Wildman–Crippen LogP) is 1.15. The zero-order valence-electron chi connectivity index (χ0n) is 5.03. The molecule has 1 saturated heterocycles. The number of alkyl halides is 3. The Kier molecular flexibility index (Phi) is 2.33. The fraction of sp³-hybridized carbons (Fsp3) is 0.800. The molecule has 1 heterocycles. The van der Waals surface area contributed by atoms with Crippen molar-refractivity contribution < 1.29 is 4.79 Å². The zero-order chi connectivity index (χ0) is 7.78. The van der Waals surface area contributed by atoms with Gasteiger partial charge in [0.1, 0.15) is 0 Å². The summed E-state index contributed by atoms with van der Waals surface area (Å²) in [6.07, 6.45) is 0. The van der Waals surface area contributed by atoms with E-state index in [2.05, 4.69) is 5.32 Å². The third-order valence-corrected chi connectivity index (χ3v) is 2.84. The molecular weight excluding hydrogens is 196 g/mol. The van der Waals surface area contributed by atoms with Crippen LogP contribution in [-0.2, 0) is 4.79 Å². The molecule has 1 rings (SSSR count). The van der Waals surface area contributed by atoms with E-state index in [1.54, 1.807) is 0 Å². The number of hydrogen-bond donors (Lipinski definition) is 1. The van der Waals surface area contributed by atoms with Gasteiger partial charge >= 0.3 is 0 Å². The third kappa shape index (κ3) is 1.20. The van der Waals surface area contributed by atoms with Crippen molar-refractivity contribution in [2.45, 2.75) is 4.33 Å². The second kappa shape index (κ2) is 2.76. The Hall–Kier alpha value is 0.340. The summed E-state index contributed by atoms with van der Waals surface area (Å²) in [5.41, 5.74) is 0. The predicted molar refractivity (Wildman–Crippen MR) is 41.7 cm³/mol. The Morgan fingerprint density at radius 2 is 2.30 bits per heavy atom. The highest BCUT2D eigenvalue weighted by atomic mass is 35.5. The van der Waals surface area contributed by atoms with Crippen LogP contribution in [0, 0.1) is 5.92 Å². The van der Waals surface area contributed by atoms with Gasteiger partial charge in [-0.2, -0.15) is 0 Å². The van der Waals surface area contributed by atoms with Gasteiger partial charge in [-0.25, -0.2) is 0 Å². The van der Waals surface area contributed by atoms with Gasteiger partial charge in [0.25, 0.3) is 5.91 Å². The van der Waals surface area contributed by atoms with Crippen molar-refractivity contribution in [1.82, 2.24) is 5.32 Å². The highest BCUT2D eigenvalue weighted by Gasteiger charge is 2.46. The quantitative estimate of drug-likeness (QED) is 0.635. The average molecular weight is 202 g/mol. The SMILES string of the molecule is O=C1NCC(CCl)C1(Cl)Cl. The lowest BCUT2D eigenvalue weighted by atomic mass is 10.1. The molecule has 2 nitrogen and oxygen atoms in total. The van der Waals surface area contributed by atoms with Crippen LogP contribution < -0.4 is 5.32 Å². The van der Waals surface area contributed by atoms with Crippen molar-refractivity contribution in [2.75, 3.05) is 12.4 Å². The minimum absolute atomic E-state index is 0.176. The summed E-state index contributed by atoms with van der Waals surface area (Å²) in [6.45, 7) is 0.468. The van der Waals surface area contributed by atoms with Crippen LogP contribution in [0.3, 0.4) is 0 Å².